The van der Waals surface area contributed by atoms with E-state index in [9.17, 15) is 9.59 Å². The van der Waals surface area contributed by atoms with Crippen molar-refractivity contribution < 1.29 is 19.2 Å². The molecule has 0 radical (unpaired) electrons. The van der Waals surface area contributed by atoms with Crippen LogP contribution in [0.5, 0.6) is 5.75 Å². The van der Waals surface area contributed by atoms with Gasteiger partial charge in [-0.25, -0.2) is 0 Å². The van der Waals surface area contributed by atoms with Crippen molar-refractivity contribution in [2.75, 3.05) is 26.2 Å². The lowest BCUT2D eigenvalue weighted by Crippen LogP contribution is -3.10. The average Bonchev–Trinajstić information content (AvgIpc) is 3.13. The second kappa shape index (κ2) is 10.5. The molecule has 1 fully saturated rings. The van der Waals surface area contributed by atoms with Crippen molar-refractivity contribution in [1.29, 1.82) is 0 Å². The molecular weight excluding hydrogens is 340 g/mol. The molecule has 1 aromatic carbocycles. The molecule has 150 valence electrons. The molecule has 1 aliphatic rings. The minimum absolute atomic E-state index is 0.0771. The summed E-state index contributed by atoms with van der Waals surface area (Å²) < 4.78 is 5.71. The quantitative estimate of drug-likeness (QED) is 0.515. The molecule has 0 spiro atoms. The number of rotatable bonds is 9. The molecular formula is C22H35N2O3+. The van der Waals surface area contributed by atoms with Crippen LogP contribution < -0.4 is 15.0 Å². The van der Waals surface area contributed by atoms with Gasteiger partial charge in [0.25, 0.3) is 0 Å². The summed E-state index contributed by atoms with van der Waals surface area (Å²) in [6, 6.07) is 6.02. The molecule has 0 aromatic heterocycles. The van der Waals surface area contributed by atoms with Crippen LogP contribution in [-0.2, 0) is 9.59 Å². The first-order valence-corrected chi connectivity index (χ1v) is 10.3. The van der Waals surface area contributed by atoms with E-state index in [0.29, 0.717) is 12.3 Å². The summed E-state index contributed by atoms with van der Waals surface area (Å²) in [5.41, 5.74) is 2.07. The first kappa shape index (κ1) is 21.4. The van der Waals surface area contributed by atoms with Crippen LogP contribution in [0, 0.1) is 0 Å². The highest BCUT2D eigenvalue weighted by Crippen LogP contribution is 2.34. The van der Waals surface area contributed by atoms with Gasteiger partial charge in [-0.2, -0.15) is 0 Å². The molecule has 0 unspecified atom stereocenters. The summed E-state index contributed by atoms with van der Waals surface area (Å²) in [6.45, 7) is 12.4. The van der Waals surface area contributed by atoms with E-state index in [-0.39, 0.29) is 36.6 Å². The molecule has 5 nitrogen and oxygen atoms in total. The largest absolute Gasteiger partial charge is 0.426 e. The van der Waals surface area contributed by atoms with Gasteiger partial charge >= 0.3 is 5.97 Å². The zero-order valence-electron chi connectivity index (χ0n) is 17.3. The minimum atomic E-state index is -0.342. The third kappa shape index (κ3) is 6.65. The molecule has 1 saturated heterocycles. The predicted molar refractivity (Wildman–Crippen MR) is 107 cm³/mol. The van der Waals surface area contributed by atoms with Crippen molar-refractivity contribution in [3.05, 3.63) is 29.3 Å². The number of carbonyl (C=O) groups is 2. The van der Waals surface area contributed by atoms with Gasteiger partial charge in [0.05, 0.1) is 32.6 Å². The molecule has 1 heterocycles. The highest BCUT2D eigenvalue weighted by Gasteiger charge is 2.19. The molecule has 0 atom stereocenters. The van der Waals surface area contributed by atoms with Gasteiger partial charge in [0, 0.05) is 19.3 Å². The van der Waals surface area contributed by atoms with Crippen molar-refractivity contribution in [2.45, 2.75) is 65.2 Å². The van der Waals surface area contributed by atoms with Gasteiger partial charge in [0.2, 0.25) is 5.91 Å². The van der Waals surface area contributed by atoms with E-state index >= 15 is 0 Å². The number of benzene rings is 1. The van der Waals surface area contributed by atoms with Gasteiger partial charge in [-0.15, -0.1) is 0 Å². The maximum absolute atomic E-state index is 12.3. The highest BCUT2D eigenvalue weighted by molar-refractivity contribution is 5.82. The second-order valence-corrected chi connectivity index (χ2v) is 8.11. The number of para-hydroxylation sites is 1. The van der Waals surface area contributed by atoms with Crippen molar-refractivity contribution in [2.24, 2.45) is 0 Å². The number of quaternary nitrogens is 1. The zero-order valence-corrected chi connectivity index (χ0v) is 17.3. The summed E-state index contributed by atoms with van der Waals surface area (Å²) in [5.74, 6) is 0.786. The third-order valence-electron chi connectivity index (χ3n) is 5.20. The molecule has 27 heavy (non-hydrogen) atoms. The first-order chi connectivity index (χ1) is 12.9. The molecule has 0 bridgehead atoms. The van der Waals surface area contributed by atoms with Crippen LogP contribution in [0.15, 0.2) is 18.2 Å². The lowest BCUT2D eigenvalue weighted by Gasteiger charge is -2.19. The molecule has 1 aliphatic heterocycles. The number of ether oxygens (including phenoxy) is 1. The smallest absolute Gasteiger partial charge is 0.311 e. The molecule has 2 N–H and O–H groups in total. The van der Waals surface area contributed by atoms with E-state index in [1.165, 1.54) is 25.9 Å². The average molecular weight is 376 g/mol. The molecule has 1 aromatic rings. The standard InChI is InChI=1S/C22H34N2O3/c1-16(2)18-8-7-9-19(17(3)4)22(18)27-21(26)11-10-20(25)23-12-15-24-13-5-6-14-24/h7-9,16-17H,5-6,10-15H2,1-4H3,(H,23,25)/p+1. The lowest BCUT2D eigenvalue weighted by atomic mass is 9.94. The Hall–Kier alpha value is -1.88. The van der Waals surface area contributed by atoms with Crippen molar-refractivity contribution in [1.82, 2.24) is 5.32 Å². The monoisotopic (exact) mass is 375 g/mol. The minimum Gasteiger partial charge on any atom is -0.426 e. The highest BCUT2D eigenvalue weighted by atomic mass is 16.5. The lowest BCUT2D eigenvalue weighted by molar-refractivity contribution is -0.886. The summed E-state index contributed by atoms with van der Waals surface area (Å²) in [5, 5.41) is 2.92. The van der Waals surface area contributed by atoms with Crippen molar-refractivity contribution >= 4 is 11.9 Å². The first-order valence-electron chi connectivity index (χ1n) is 10.3. The van der Waals surface area contributed by atoms with Gasteiger partial charge in [0.15, 0.2) is 0 Å². The van der Waals surface area contributed by atoms with Crippen LogP contribution in [0.3, 0.4) is 0 Å². The number of carbonyl (C=O) groups excluding carboxylic acids is 2. The van der Waals surface area contributed by atoms with Crippen LogP contribution in [0.2, 0.25) is 0 Å². The van der Waals surface area contributed by atoms with Crippen LogP contribution in [-0.4, -0.2) is 38.1 Å². The summed E-state index contributed by atoms with van der Waals surface area (Å²) in [6.07, 6.45) is 2.85. The van der Waals surface area contributed by atoms with E-state index in [0.717, 1.165) is 17.7 Å². The normalized spacial score (nSPS) is 14.7. The van der Waals surface area contributed by atoms with Crippen LogP contribution >= 0.6 is 0 Å². The molecule has 2 rings (SSSR count). The van der Waals surface area contributed by atoms with Gasteiger partial charge in [-0.3, -0.25) is 9.59 Å². The Bertz CT molecular complexity index is 608. The van der Waals surface area contributed by atoms with Gasteiger partial charge in [0.1, 0.15) is 5.75 Å². The molecule has 0 aliphatic carbocycles. The maximum atomic E-state index is 12.3. The topological polar surface area (TPSA) is 59.8 Å². The van der Waals surface area contributed by atoms with Gasteiger partial charge in [-0.05, 0) is 23.0 Å². The summed E-state index contributed by atoms with van der Waals surface area (Å²) in [7, 11) is 0. The third-order valence-corrected chi connectivity index (χ3v) is 5.20. The predicted octanol–water partition coefficient (Wildman–Crippen LogP) is 2.41. The SMILES string of the molecule is CC(C)c1cccc(C(C)C)c1OC(=O)CCC(=O)NCC[NH+]1CCCC1. The Balaban J connectivity index is 1.83. The zero-order chi connectivity index (χ0) is 19.8. The van der Waals surface area contributed by atoms with Crippen LogP contribution in [0.25, 0.3) is 0 Å². The Morgan fingerprint density at radius 2 is 1.63 bits per heavy atom. The Morgan fingerprint density at radius 1 is 1.04 bits per heavy atom. The Morgan fingerprint density at radius 3 is 2.19 bits per heavy atom. The maximum Gasteiger partial charge on any atom is 0.311 e. The van der Waals surface area contributed by atoms with Crippen molar-refractivity contribution in [3.8, 4) is 5.75 Å². The Labute approximate surface area is 163 Å². The fourth-order valence-corrected chi connectivity index (χ4v) is 3.57. The molecule has 1 amide bonds. The van der Waals surface area contributed by atoms with E-state index in [4.69, 9.17) is 4.74 Å². The summed E-state index contributed by atoms with van der Waals surface area (Å²) in [4.78, 5) is 25.9. The number of nitrogens with one attached hydrogen (secondary N) is 2. The second-order valence-electron chi connectivity index (χ2n) is 8.11. The fourth-order valence-electron chi connectivity index (χ4n) is 3.57. The number of hydrogen-bond donors (Lipinski definition) is 2. The fraction of sp³-hybridized carbons (Fsp3) is 0.636. The number of amides is 1. The van der Waals surface area contributed by atoms with E-state index in [2.05, 4.69) is 33.0 Å². The number of esters is 1. The van der Waals surface area contributed by atoms with Gasteiger partial charge < -0.3 is 15.0 Å². The van der Waals surface area contributed by atoms with E-state index in [1.807, 2.05) is 18.2 Å². The van der Waals surface area contributed by atoms with Gasteiger partial charge in [-0.1, -0.05) is 45.9 Å². The number of likely N-dealkylation sites (tertiary alicyclic amines) is 1. The van der Waals surface area contributed by atoms with Crippen LogP contribution in [0.4, 0.5) is 0 Å². The van der Waals surface area contributed by atoms with E-state index < -0.39 is 0 Å². The van der Waals surface area contributed by atoms with Crippen LogP contribution in [0.1, 0.15) is 76.3 Å². The summed E-state index contributed by atoms with van der Waals surface area (Å²) >= 11 is 0. The molecule has 5 heteroatoms. The molecule has 0 saturated carbocycles. The van der Waals surface area contributed by atoms with E-state index in [1.54, 1.807) is 4.90 Å². The number of hydrogen-bond acceptors (Lipinski definition) is 3. The van der Waals surface area contributed by atoms with Crippen molar-refractivity contribution in [3.63, 3.8) is 0 Å². The Kier molecular flexibility index (Phi) is 8.29.